The molecule has 10 N–H and O–H groups in total. The van der Waals surface area contributed by atoms with E-state index in [9.17, 15) is 51.1 Å². The number of aliphatic hydroxyl groups is 10. The SMILES string of the molecule is CC1CC[C@@]2(OC1)OC1CC3C4CC=C5C[C@@H](O[C@@H]6O[C@H](CO)[C@@H](OC7O[C@@H](C)[C@H](OC[C@@H]8O[C@@H](C)[C@H](O)[C@@H](O)[C@H]8O)[C@@H](O)[C@H]7O)[C@@H](O)[C@H]6O[C@@H]6O[C@@H](C)[C@H](O)[C@@H](O)[C@H]6O)CC[C@]5(C)C4CC[C@]3(C)C1[C@@H]2C. The lowest BCUT2D eigenvalue weighted by molar-refractivity contribution is -0.389. The van der Waals surface area contributed by atoms with Gasteiger partial charge in [0.2, 0.25) is 0 Å². The highest BCUT2D eigenvalue weighted by atomic mass is 16.8. The van der Waals surface area contributed by atoms with Crippen LogP contribution in [0.1, 0.15) is 106 Å². The summed E-state index contributed by atoms with van der Waals surface area (Å²) in [5, 5.41) is 109. The van der Waals surface area contributed by atoms with E-state index in [4.69, 9.17) is 47.4 Å². The molecule has 20 nitrogen and oxygen atoms in total. The molecule has 6 saturated heterocycles. The van der Waals surface area contributed by atoms with E-state index in [2.05, 4.69) is 33.8 Å². The first-order valence-electron chi connectivity index (χ1n) is 27.0. The molecule has 6 heterocycles. The molecular weight excluding hydrogens is 945 g/mol. The highest BCUT2D eigenvalue weighted by molar-refractivity contribution is 5.26. The second kappa shape index (κ2) is 20.6. The minimum absolute atomic E-state index is 0.0528. The first kappa shape index (κ1) is 54.3. The summed E-state index contributed by atoms with van der Waals surface area (Å²) in [6.45, 7) is 13.9. The number of fused-ring (bicyclic) bond motifs is 7. The molecule has 0 aromatic heterocycles. The van der Waals surface area contributed by atoms with Gasteiger partial charge in [0.05, 0.1) is 50.3 Å². The lowest BCUT2D eigenvalue weighted by atomic mass is 9.47. The van der Waals surface area contributed by atoms with Crippen LogP contribution in [0.25, 0.3) is 0 Å². The molecule has 3 saturated carbocycles. The van der Waals surface area contributed by atoms with Crippen LogP contribution in [0.4, 0.5) is 0 Å². The molecule has 0 bridgehead atoms. The van der Waals surface area contributed by atoms with E-state index < -0.39 is 141 Å². The molecule has 1 spiro atoms. The van der Waals surface area contributed by atoms with Gasteiger partial charge in [0.1, 0.15) is 85.5 Å². The highest BCUT2D eigenvalue weighted by Crippen LogP contribution is 2.71. The van der Waals surface area contributed by atoms with Gasteiger partial charge in [-0.25, -0.2) is 0 Å². The Morgan fingerprint density at radius 1 is 0.611 bits per heavy atom. The second-order valence-electron chi connectivity index (χ2n) is 24.2. The Bertz CT molecular complexity index is 1910. The first-order chi connectivity index (χ1) is 34.1. The number of rotatable bonds is 10. The standard InChI is InChI=1S/C52H84O20/c1-21-10-15-52(64-19-21)22(2)34-31(72-52)17-30-28-9-8-26-16-27(11-13-50(26,6)29(28)12-14-51(30,34)7)68-49-46(71-47-41(60)39(58)36(55)24(4)66-47)43(62)45(32(18-53)69-49)70-48-42(61)40(59)44(25(5)67-48)63-20-33-37(56)38(57)35(54)23(3)65-33/h8,21-25,27-49,53-62H,9-20H2,1-7H3/t21?,22-,23-,24-,25-,27-,28?,29?,30?,31?,32+,33-,34?,35-,36-,37-,38+,39+,40-,41+,42+,43+,44-,45+,46+,47-,48?,49+,50-,51-,52+/m0/s1. The lowest BCUT2D eigenvalue weighted by Gasteiger charge is -2.59. The average Bonchev–Trinajstić information content (AvgIpc) is 3.80. The van der Waals surface area contributed by atoms with Crippen molar-refractivity contribution in [3.63, 3.8) is 0 Å². The van der Waals surface area contributed by atoms with Crippen molar-refractivity contribution in [1.29, 1.82) is 0 Å². The van der Waals surface area contributed by atoms with Crippen molar-refractivity contribution in [3.05, 3.63) is 11.6 Å². The molecule has 10 rings (SSSR count). The zero-order chi connectivity index (χ0) is 51.5. The molecule has 0 aromatic carbocycles. The van der Waals surface area contributed by atoms with Gasteiger partial charge in [-0.2, -0.15) is 0 Å². The summed E-state index contributed by atoms with van der Waals surface area (Å²) < 4.78 is 62.5. The topological polar surface area (TPSA) is 295 Å². The molecule has 0 aromatic rings. The van der Waals surface area contributed by atoms with Gasteiger partial charge >= 0.3 is 0 Å². The third-order valence-electron chi connectivity index (χ3n) is 20.0. The maximum absolute atomic E-state index is 12.3. The molecule has 4 aliphatic carbocycles. The minimum atomic E-state index is -1.79. The maximum atomic E-state index is 12.3. The Morgan fingerprint density at radius 3 is 1.97 bits per heavy atom. The molecule has 0 amide bonds. The van der Waals surface area contributed by atoms with E-state index in [0.29, 0.717) is 48.3 Å². The number of allylic oxidation sites excluding steroid dienone is 1. The average molecular weight is 1030 g/mol. The van der Waals surface area contributed by atoms with Gasteiger partial charge in [-0.3, -0.25) is 0 Å². The van der Waals surface area contributed by atoms with Gasteiger partial charge < -0.3 is 98.4 Å². The Labute approximate surface area is 422 Å². The van der Waals surface area contributed by atoms with Gasteiger partial charge in [0.15, 0.2) is 24.7 Å². The van der Waals surface area contributed by atoms with Gasteiger partial charge in [-0.05, 0) is 113 Å². The lowest BCUT2D eigenvalue weighted by Crippen LogP contribution is -2.67. The predicted octanol–water partition coefficient (Wildman–Crippen LogP) is 0.136. The summed E-state index contributed by atoms with van der Waals surface area (Å²) in [6, 6.07) is 0. The molecule has 6 aliphatic heterocycles. The molecule has 7 unspecified atom stereocenters. The number of hydrogen-bond acceptors (Lipinski definition) is 20. The van der Waals surface area contributed by atoms with Crippen molar-refractivity contribution in [3.8, 4) is 0 Å². The van der Waals surface area contributed by atoms with E-state index in [1.165, 1.54) is 19.4 Å². The van der Waals surface area contributed by atoms with E-state index in [-0.39, 0.29) is 23.5 Å². The molecule has 0 radical (unpaired) electrons. The van der Waals surface area contributed by atoms with Crippen molar-refractivity contribution < 1.29 is 98.4 Å². The summed E-state index contributed by atoms with van der Waals surface area (Å²) in [6.07, 6.45) is -17.4. The number of hydrogen-bond donors (Lipinski definition) is 10. The molecule has 10 aliphatic rings. The molecule has 20 heteroatoms. The fraction of sp³-hybridized carbons (Fsp3) is 0.962. The van der Waals surface area contributed by atoms with Crippen LogP contribution in [0.3, 0.4) is 0 Å². The summed E-state index contributed by atoms with van der Waals surface area (Å²) >= 11 is 0. The molecule has 31 atom stereocenters. The zero-order valence-corrected chi connectivity index (χ0v) is 42.8. The first-order valence-corrected chi connectivity index (χ1v) is 27.0. The zero-order valence-electron chi connectivity index (χ0n) is 42.8. The van der Waals surface area contributed by atoms with Crippen LogP contribution in [-0.2, 0) is 47.4 Å². The Hall–Kier alpha value is -1.06. The summed E-state index contributed by atoms with van der Waals surface area (Å²) in [7, 11) is 0. The molecular formula is C52H84O20. The highest BCUT2D eigenvalue weighted by Gasteiger charge is 2.69. The fourth-order valence-electron chi connectivity index (χ4n) is 15.7. The van der Waals surface area contributed by atoms with Gasteiger partial charge in [-0.1, -0.05) is 39.3 Å². The second-order valence-corrected chi connectivity index (χ2v) is 24.2. The summed E-state index contributed by atoms with van der Waals surface area (Å²) in [5.41, 5.74) is 1.45. The van der Waals surface area contributed by atoms with Gasteiger partial charge in [0, 0.05) is 12.3 Å². The monoisotopic (exact) mass is 1030 g/mol. The Morgan fingerprint density at radius 2 is 1.28 bits per heavy atom. The van der Waals surface area contributed by atoms with Crippen LogP contribution in [-0.4, -0.2) is 212 Å². The van der Waals surface area contributed by atoms with Crippen LogP contribution in [0.5, 0.6) is 0 Å². The van der Waals surface area contributed by atoms with E-state index in [1.54, 1.807) is 6.92 Å². The van der Waals surface area contributed by atoms with E-state index >= 15 is 0 Å². The number of aliphatic hydroxyl groups excluding tert-OH is 10. The van der Waals surface area contributed by atoms with Crippen molar-refractivity contribution in [2.24, 2.45) is 46.3 Å². The van der Waals surface area contributed by atoms with Crippen molar-refractivity contribution in [2.45, 2.75) is 247 Å². The Kier molecular flexibility index (Phi) is 15.6. The Balaban J connectivity index is 0.825. The number of ether oxygens (including phenoxy) is 10. The maximum Gasteiger partial charge on any atom is 0.187 e. The van der Waals surface area contributed by atoms with Crippen LogP contribution in [0.15, 0.2) is 11.6 Å². The minimum Gasteiger partial charge on any atom is -0.394 e. The fourth-order valence-corrected chi connectivity index (χ4v) is 15.7. The van der Waals surface area contributed by atoms with Crippen molar-refractivity contribution in [1.82, 2.24) is 0 Å². The van der Waals surface area contributed by atoms with Crippen molar-refractivity contribution >= 4 is 0 Å². The largest absolute Gasteiger partial charge is 0.394 e. The van der Waals surface area contributed by atoms with Crippen LogP contribution in [0.2, 0.25) is 0 Å². The van der Waals surface area contributed by atoms with Gasteiger partial charge in [-0.15, -0.1) is 0 Å². The van der Waals surface area contributed by atoms with E-state index in [0.717, 1.165) is 51.6 Å². The van der Waals surface area contributed by atoms with Crippen LogP contribution in [0, 0.1) is 46.3 Å². The summed E-state index contributed by atoms with van der Waals surface area (Å²) in [4.78, 5) is 0. The normalized spacial score (nSPS) is 57.8. The van der Waals surface area contributed by atoms with E-state index in [1.807, 2.05) is 0 Å². The molecule has 9 fully saturated rings. The van der Waals surface area contributed by atoms with Crippen LogP contribution >= 0.6 is 0 Å². The molecule has 72 heavy (non-hydrogen) atoms. The van der Waals surface area contributed by atoms with Crippen LogP contribution < -0.4 is 0 Å². The van der Waals surface area contributed by atoms with Crippen molar-refractivity contribution in [2.75, 3.05) is 19.8 Å². The third-order valence-corrected chi connectivity index (χ3v) is 20.0. The summed E-state index contributed by atoms with van der Waals surface area (Å²) in [5.74, 6) is 2.48. The smallest absolute Gasteiger partial charge is 0.187 e. The quantitative estimate of drug-likeness (QED) is 0.130. The predicted molar refractivity (Wildman–Crippen MR) is 249 cm³/mol. The third kappa shape index (κ3) is 9.20. The van der Waals surface area contributed by atoms with Gasteiger partial charge in [0.25, 0.3) is 0 Å². The molecule has 412 valence electrons.